The predicted molar refractivity (Wildman–Crippen MR) is 103 cm³/mol. The molecule has 0 fully saturated rings. The molecule has 4 rings (SSSR count). The first-order chi connectivity index (χ1) is 12.8. The van der Waals surface area contributed by atoms with Crippen LogP contribution in [-0.2, 0) is 0 Å². The van der Waals surface area contributed by atoms with E-state index in [1.807, 2.05) is 48.5 Å². The molecular formula is C21H15N3O2. The van der Waals surface area contributed by atoms with Crippen molar-refractivity contribution in [2.45, 2.75) is 0 Å². The van der Waals surface area contributed by atoms with Gasteiger partial charge in [0.1, 0.15) is 11.2 Å². The van der Waals surface area contributed by atoms with Gasteiger partial charge in [-0.1, -0.05) is 48.5 Å². The second-order valence-corrected chi connectivity index (χ2v) is 5.77. The molecule has 3 aromatic carbocycles. The fourth-order valence-corrected chi connectivity index (χ4v) is 2.88. The Bertz CT molecular complexity index is 1150. The Balaban J connectivity index is 2.02. The van der Waals surface area contributed by atoms with E-state index in [0.29, 0.717) is 22.3 Å². The van der Waals surface area contributed by atoms with Gasteiger partial charge in [-0.2, -0.15) is 0 Å². The largest absolute Gasteiger partial charge is 0.805 e. The van der Waals surface area contributed by atoms with E-state index in [9.17, 15) is 10.1 Å². The molecule has 0 aliphatic carbocycles. The number of nitrogens with zero attached hydrogens (tertiary/aromatic N) is 3. The Morgan fingerprint density at radius 2 is 1.46 bits per heavy atom. The molecule has 1 aromatic heterocycles. The van der Waals surface area contributed by atoms with E-state index in [2.05, 4.69) is 4.99 Å². The topological polar surface area (TPSA) is 63.3 Å². The number of hydrogen-bond donors (Lipinski definition) is 0. The minimum absolute atomic E-state index is 0.203. The van der Waals surface area contributed by atoms with Gasteiger partial charge >= 0.3 is 0 Å². The van der Waals surface area contributed by atoms with Gasteiger partial charge < -0.3 is 9.94 Å². The third-order valence-electron chi connectivity index (χ3n) is 4.12. The van der Waals surface area contributed by atoms with Crippen molar-refractivity contribution in [3.8, 4) is 11.3 Å². The molecule has 126 valence electrons. The zero-order valence-electron chi connectivity index (χ0n) is 13.8. The number of benzene rings is 3. The fourth-order valence-electron chi connectivity index (χ4n) is 2.88. The van der Waals surface area contributed by atoms with Crippen LogP contribution >= 0.6 is 0 Å². The van der Waals surface area contributed by atoms with Gasteiger partial charge in [0.15, 0.2) is 0 Å². The lowest BCUT2D eigenvalue weighted by molar-refractivity contribution is -0.451. The van der Waals surface area contributed by atoms with Gasteiger partial charge in [-0.3, -0.25) is 4.99 Å². The van der Waals surface area contributed by atoms with E-state index in [0.717, 1.165) is 9.16 Å². The van der Waals surface area contributed by atoms with Crippen molar-refractivity contribution >= 4 is 22.9 Å². The molecule has 0 aliphatic rings. The highest BCUT2D eigenvalue weighted by atomic mass is 16.5. The summed E-state index contributed by atoms with van der Waals surface area (Å²) < 4.78 is 1.56. The first-order valence-electron chi connectivity index (χ1n) is 8.18. The number of hydrogen-bond acceptors (Lipinski definition) is 3. The summed E-state index contributed by atoms with van der Waals surface area (Å²) in [4.78, 5) is 17.4. The van der Waals surface area contributed by atoms with Gasteiger partial charge in [0.2, 0.25) is 0 Å². The summed E-state index contributed by atoms with van der Waals surface area (Å²) in [6, 6.07) is 25.2. The molecule has 0 N–H and O–H groups in total. The summed E-state index contributed by atoms with van der Waals surface area (Å²) in [7, 11) is 0. The van der Waals surface area contributed by atoms with E-state index in [1.54, 1.807) is 36.4 Å². The quantitative estimate of drug-likeness (QED) is 0.411. The van der Waals surface area contributed by atoms with Crippen molar-refractivity contribution in [2.75, 3.05) is 0 Å². The monoisotopic (exact) mass is 341 g/mol. The maximum Gasteiger partial charge on any atom is 0.295 e. The van der Waals surface area contributed by atoms with Crippen molar-refractivity contribution < 1.29 is 4.43 Å². The molecule has 0 amide bonds. The molecule has 0 saturated carbocycles. The first-order valence-corrected chi connectivity index (χ1v) is 8.18. The van der Waals surface area contributed by atoms with Gasteiger partial charge in [-0.15, -0.1) is 0 Å². The Hall–Kier alpha value is -3.73. The van der Waals surface area contributed by atoms with Gasteiger partial charge in [0, 0.05) is 11.0 Å². The Morgan fingerprint density at radius 1 is 0.846 bits per heavy atom. The molecule has 26 heavy (non-hydrogen) atoms. The second kappa shape index (κ2) is 6.64. The van der Waals surface area contributed by atoms with Crippen molar-refractivity contribution in [1.82, 2.24) is 4.73 Å². The molecule has 4 aromatic rings. The molecule has 5 nitrogen and oxygen atoms in total. The second-order valence-electron chi connectivity index (χ2n) is 5.77. The molecule has 0 atom stereocenters. The molecule has 1 heterocycles. The molecular weight excluding hydrogens is 326 g/mol. The van der Waals surface area contributed by atoms with Crippen LogP contribution in [0, 0.1) is 10.1 Å². The SMILES string of the molecule is O=[n+]1c(-c2ccccc2)c(C=Nc2ccccc2)n([O-])c2ccccc21. The summed E-state index contributed by atoms with van der Waals surface area (Å²) in [5, 5.41) is 13.0. The highest BCUT2D eigenvalue weighted by Crippen LogP contribution is 2.22. The molecule has 0 radical (unpaired) electrons. The third kappa shape index (κ3) is 2.75. The molecule has 0 unspecified atom stereocenters. The van der Waals surface area contributed by atoms with Crippen LogP contribution in [0.4, 0.5) is 5.69 Å². The van der Waals surface area contributed by atoms with Gasteiger partial charge in [0.25, 0.3) is 11.2 Å². The fraction of sp³-hybridized carbons (Fsp3) is 0. The lowest BCUT2D eigenvalue weighted by atomic mass is 10.1. The molecule has 0 aliphatic heterocycles. The maximum atomic E-state index is 13.0. The summed E-state index contributed by atoms with van der Waals surface area (Å²) in [5.74, 6) is 0. The van der Waals surface area contributed by atoms with Crippen molar-refractivity contribution in [2.24, 2.45) is 4.99 Å². The molecule has 5 heteroatoms. The number of rotatable bonds is 3. The van der Waals surface area contributed by atoms with E-state index >= 15 is 0 Å². The highest BCUT2D eigenvalue weighted by Gasteiger charge is 2.22. The maximum absolute atomic E-state index is 13.0. The van der Waals surface area contributed by atoms with Crippen LogP contribution in [0.1, 0.15) is 5.69 Å². The standard InChI is InChI=1S/C21H15N3O2/c25-23-18-13-7-8-14-19(18)24(26)21(16-9-3-1-4-10-16)20(23)15-22-17-11-5-2-6-12-17/h1-15H. The van der Waals surface area contributed by atoms with E-state index in [-0.39, 0.29) is 11.4 Å². The van der Waals surface area contributed by atoms with E-state index in [1.165, 1.54) is 6.21 Å². The zero-order valence-corrected chi connectivity index (χ0v) is 13.8. The van der Waals surface area contributed by atoms with Gasteiger partial charge in [0.05, 0.1) is 21.9 Å². The van der Waals surface area contributed by atoms with E-state index < -0.39 is 0 Å². The van der Waals surface area contributed by atoms with Crippen LogP contribution in [0.2, 0.25) is 0 Å². The summed E-state index contributed by atoms with van der Waals surface area (Å²) >= 11 is 0. The number of para-hydroxylation sites is 3. The third-order valence-corrected chi connectivity index (χ3v) is 4.12. The normalized spacial score (nSPS) is 11.2. The molecule has 0 saturated heterocycles. The lowest BCUT2D eigenvalue weighted by Crippen LogP contribution is -2.25. The van der Waals surface area contributed by atoms with Crippen molar-refractivity contribution in [1.29, 1.82) is 0 Å². The minimum Gasteiger partial charge on any atom is -0.805 e. The Morgan fingerprint density at radius 3 is 2.19 bits per heavy atom. The summed E-state index contributed by atoms with van der Waals surface area (Å²) in [6.45, 7) is 0. The van der Waals surface area contributed by atoms with Crippen LogP contribution < -0.4 is 4.43 Å². The first kappa shape index (κ1) is 15.8. The van der Waals surface area contributed by atoms with Crippen LogP contribution in [0.3, 0.4) is 0 Å². The molecule has 0 spiro atoms. The van der Waals surface area contributed by atoms with Crippen LogP contribution in [0.5, 0.6) is 0 Å². The smallest absolute Gasteiger partial charge is 0.295 e. The van der Waals surface area contributed by atoms with E-state index in [4.69, 9.17) is 0 Å². The predicted octanol–water partition coefficient (Wildman–Crippen LogP) is 4.32. The highest BCUT2D eigenvalue weighted by molar-refractivity contribution is 5.90. The number of aromatic nitrogens is 2. The van der Waals surface area contributed by atoms with Gasteiger partial charge in [-0.05, 0) is 30.3 Å². The Kier molecular flexibility index (Phi) is 4.03. The summed E-state index contributed by atoms with van der Waals surface area (Å²) in [6.07, 6.45) is 1.45. The Labute approximate surface area is 149 Å². The molecule has 0 bridgehead atoms. The average Bonchev–Trinajstić information content (AvgIpc) is 2.71. The van der Waals surface area contributed by atoms with Crippen LogP contribution in [-0.4, -0.2) is 10.9 Å². The average molecular weight is 341 g/mol. The van der Waals surface area contributed by atoms with Crippen molar-refractivity contribution in [3.05, 3.63) is 101 Å². The van der Waals surface area contributed by atoms with Gasteiger partial charge in [-0.25, -0.2) is 0 Å². The van der Waals surface area contributed by atoms with Crippen molar-refractivity contribution in [3.63, 3.8) is 0 Å². The van der Waals surface area contributed by atoms with Crippen LogP contribution in [0.25, 0.3) is 22.3 Å². The number of aliphatic imine (C=N–C) groups is 1. The lowest BCUT2D eigenvalue weighted by Gasteiger charge is -2.16. The minimum atomic E-state index is 0.203. The zero-order chi connectivity index (χ0) is 17.9. The summed E-state index contributed by atoms with van der Waals surface area (Å²) in [5.41, 5.74) is 2.46. The number of fused-ring (bicyclic) bond motifs is 1. The van der Waals surface area contributed by atoms with Crippen LogP contribution in [0.15, 0.2) is 89.9 Å².